The molecule has 7 heteroatoms. The van der Waals surface area contributed by atoms with Gasteiger partial charge in [0.25, 0.3) is 0 Å². The maximum Gasteiger partial charge on any atom is 0.442 e. The van der Waals surface area contributed by atoms with Crippen molar-refractivity contribution in [1.82, 2.24) is 14.7 Å². The summed E-state index contributed by atoms with van der Waals surface area (Å²) in [6, 6.07) is 18.9. The van der Waals surface area contributed by atoms with E-state index in [2.05, 4.69) is 10.1 Å². The van der Waals surface area contributed by atoms with Crippen LogP contribution in [0.2, 0.25) is 0 Å². The fourth-order valence-corrected chi connectivity index (χ4v) is 2.71. The Kier molecular flexibility index (Phi) is 4.97. The van der Waals surface area contributed by atoms with Gasteiger partial charge in [0.05, 0.1) is 6.54 Å². The molecule has 0 amide bonds. The minimum atomic E-state index is -0.544. The first-order valence-corrected chi connectivity index (χ1v) is 8.63. The Hall–Kier alpha value is -3.74. The van der Waals surface area contributed by atoms with E-state index in [1.165, 1.54) is 16.7 Å². The standard InChI is InChI=1S/C21H16FN3O3/c22-17-8-4-16(5-9-17)14-27-18-10-6-15(7-11-18)13-25-20(24-28-21(25)26)19-3-1-2-12-23-19/h1-12H,13-14H2. The first-order valence-electron chi connectivity index (χ1n) is 8.63. The Morgan fingerprint density at radius 3 is 2.43 bits per heavy atom. The van der Waals surface area contributed by atoms with E-state index in [-0.39, 0.29) is 5.82 Å². The summed E-state index contributed by atoms with van der Waals surface area (Å²) in [7, 11) is 0. The maximum atomic E-state index is 12.9. The van der Waals surface area contributed by atoms with Crippen LogP contribution in [0.25, 0.3) is 11.5 Å². The molecule has 28 heavy (non-hydrogen) atoms. The molecule has 4 rings (SSSR count). The van der Waals surface area contributed by atoms with Crippen LogP contribution in [0.1, 0.15) is 11.1 Å². The molecule has 0 atom stereocenters. The number of nitrogens with zero attached hydrogens (tertiary/aromatic N) is 3. The van der Waals surface area contributed by atoms with Gasteiger partial charge in [0, 0.05) is 6.20 Å². The SMILES string of the molecule is O=c1onc(-c2ccccn2)n1Cc1ccc(OCc2ccc(F)cc2)cc1. The summed E-state index contributed by atoms with van der Waals surface area (Å²) >= 11 is 0. The molecule has 0 aliphatic carbocycles. The van der Waals surface area contributed by atoms with Crippen LogP contribution in [0, 0.1) is 5.82 Å². The smallest absolute Gasteiger partial charge is 0.442 e. The molecule has 2 aromatic heterocycles. The largest absolute Gasteiger partial charge is 0.489 e. The molecule has 0 bridgehead atoms. The molecular weight excluding hydrogens is 361 g/mol. The Balaban J connectivity index is 1.46. The summed E-state index contributed by atoms with van der Waals surface area (Å²) in [5.41, 5.74) is 2.32. The third-order valence-electron chi connectivity index (χ3n) is 4.16. The van der Waals surface area contributed by atoms with Crippen LogP contribution >= 0.6 is 0 Å². The van der Waals surface area contributed by atoms with E-state index in [0.717, 1.165) is 11.1 Å². The van der Waals surface area contributed by atoms with Gasteiger partial charge in [0.2, 0.25) is 5.82 Å². The zero-order chi connectivity index (χ0) is 19.3. The quantitative estimate of drug-likeness (QED) is 0.513. The highest BCUT2D eigenvalue weighted by molar-refractivity contribution is 5.48. The van der Waals surface area contributed by atoms with Crippen LogP contribution in [0.3, 0.4) is 0 Å². The molecule has 4 aromatic rings. The molecule has 0 saturated carbocycles. The van der Waals surface area contributed by atoms with Crippen molar-refractivity contribution in [3.63, 3.8) is 0 Å². The van der Waals surface area contributed by atoms with Gasteiger partial charge in [-0.25, -0.2) is 9.18 Å². The highest BCUT2D eigenvalue weighted by atomic mass is 19.1. The topological polar surface area (TPSA) is 70.2 Å². The lowest BCUT2D eigenvalue weighted by Gasteiger charge is -2.08. The molecule has 0 saturated heterocycles. The number of benzene rings is 2. The van der Waals surface area contributed by atoms with Gasteiger partial charge in [-0.1, -0.05) is 35.5 Å². The molecule has 6 nitrogen and oxygen atoms in total. The molecule has 0 radical (unpaired) electrons. The average Bonchev–Trinajstić information content (AvgIpc) is 3.09. The molecule has 0 fully saturated rings. The number of hydrogen-bond acceptors (Lipinski definition) is 5. The number of rotatable bonds is 6. The van der Waals surface area contributed by atoms with E-state index in [4.69, 9.17) is 9.26 Å². The van der Waals surface area contributed by atoms with E-state index in [0.29, 0.717) is 30.4 Å². The fraction of sp³-hybridized carbons (Fsp3) is 0.0952. The predicted molar refractivity (Wildman–Crippen MR) is 100 cm³/mol. The van der Waals surface area contributed by atoms with Crippen LogP contribution in [-0.2, 0) is 13.2 Å². The van der Waals surface area contributed by atoms with Gasteiger partial charge in [0.1, 0.15) is 23.9 Å². The van der Waals surface area contributed by atoms with E-state index in [1.54, 1.807) is 30.5 Å². The molecule has 0 N–H and O–H groups in total. The van der Waals surface area contributed by atoms with E-state index in [9.17, 15) is 9.18 Å². The Morgan fingerprint density at radius 2 is 1.71 bits per heavy atom. The van der Waals surface area contributed by atoms with Crippen LogP contribution in [0.4, 0.5) is 4.39 Å². The molecule has 2 aromatic carbocycles. The molecule has 140 valence electrons. The second kappa shape index (κ2) is 7.87. The lowest BCUT2D eigenvalue weighted by atomic mass is 10.2. The normalized spacial score (nSPS) is 10.8. The summed E-state index contributed by atoms with van der Waals surface area (Å²) in [5.74, 6) is 0.234. The zero-order valence-electron chi connectivity index (χ0n) is 14.8. The summed E-state index contributed by atoms with van der Waals surface area (Å²) in [6.45, 7) is 0.640. The van der Waals surface area contributed by atoms with Crippen LogP contribution in [-0.4, -0.2) is 14.7 Å². The Morgan fingerprint density at radius 1 is 0.964 bits per heavy atom. The van der Waals surface area contributed by atoms with Crippen molar-refractivity contribution in [2.24, 2.45) is 0 Å². The van der Waals surface area contributed by atoms with Crippen molar-refractivity contribution in [3.8, 4) is 17.3 Å². The van der Waals surface area contributed by atoms with Crippen molar-refractivity contribution < 1.29 is 13.7 Å². The second-order valence-electron chi connectivity index (χ2n) is 6.13. The van der Waals surface area contributed by atoms with Crippen molar-refractivity contribution in [3.05, 3.63) is 100 Å². The third kappa shape index (κ3) is 3.98. The third-order valence-corrected chi connectivity index (χ3v) is 4.16. The van der Waals surface area contributed by atoms with Crippen molar-refractivity contribution in [2.75, 3.05) is 0 Å². The first kappa shape index (κ1) is 17.7. The van der Waals surface area contributed by atoms with Gasteiger partial charge < -0.3 is 4.74 Å². The average molecular weight is 377 g/mol. The summed E-state index contributed by atoms with van der Waals surface area (Å²) in [4.78, 5) is 16.2. The number of halogens is 1. The van der Waals surface area contributed by atoms with Crippen molar-refractivity contribution >= 4 is 0 Å². The molecule has 0 aliphatic heterocycles. The molecule has 0 spiro atoms. The van der Waals surface area contributed by atoms with Crippen LogP contribution in [0.5, 0.6) is 5.75 Å². The minimum Gasteiger partial charge on any atom is -0.489 e. The number of ether oxygens (including phenoxy) is 1. The van der Waals surface area contributed by atoms with Gasteiger partial charge in [0.15, 0.2) is 0 Å². The Labute approximate surface area is 159 Å². The van der Waals surface area contributed by atoms with E-state index < -0.39 is 5.76 Å². The van der Waals surface area contributed by atoms with E-state index >= 15 is 0 Å². The fourth-order valence-electron chi connectivity index (χ4n) is 2.71. The van der Waals surface area contributed by atoms with Gasteiger partial charge in [-0.3, -0.25) is 14.1 Å². The van der Waals surface area contributed by atoms with Crippen LogP contribution in [0.15, 0.2) is 82.2 Å². The lowest BCUT2D eigenvalue weighted by Crippen LogP contribution is -2.16. The monoisotopic (exact) mass is 377 g/mol. The van der Waals surface area contributed by atoms with Crippen LogP contribution < -0.4 is 10.5 Å². The highest BCUT2D eigenvalue weighted by Gasteiger charge is 2.14. The van der Waals surface area contributed by atoms with Gasteiger partial charge >= 0.3 is 5.76 Å². The summed E-state index contributed by atoms with van der Waals surface area (Å²) < 4.78 is 24.9. The second-order valence-corrected chi connectivity index (χ2v) is 6.13. The summed E-state index contributed by atoms with van der Waals surface area (Å²) in [5, 5.41) is 3.83. The molecule has 2 heterocycles. The van der Waals surface area contributed by atoms with Gasteiger partial charge in [-0.05, 0) is 47.5 Å². The minimum absolute atomic E-state index is 0.276. The lowest BCUT2D eigenvalue weighted by molar-refractivity contribution is 0.306. The van der Waals surface area contributed by atoms with Gasteiger partial charge in [-0.2, -0.15) is 0 Å². The van der Waals surface area contributed by atoms with Crippen molar-refractivity contribution in [1.29, 1.82) is 0 Å². The van der Waals surface area contributed by atoms with E-state index in [1.807, 2.05) is 30.3 Å². The highest BCUT2D eigenvalue weighted by Crippen LogP contribution is 2.17. The summed E-state index contributed by atoms with van der Waals surface area (Å²) in [6.07, 6.45) is 1.63. The number of aromatic nitrogens is 3. The maximum absolute atomic E-state index is 12.9. The zero-order valence-corrected chi connectivity index (χ0v) is 14.8. The molecular formula is C21H16FN3O3. The van der Waals surface area contributed by atoms with Crippen molar-refractivity contribution in [2.45, 2.75) is 13.2 Å². The first-order chi connectivity index (χ1) is 13.7. The predicted octanol–water partition coefficient (Wildman–Crippen LogP) is 3.66. The Bertz CT molecular complexity index is 1100. The number of hydrogen-bond donors (Lipinski definition) is 0. The molecule has 0 unspecified atom stereocenters. The number of pyridine rings is 1. The molecule has 0 aliphatic rings. The van der Waals surface area contributed by atoms with Gasteiger partial charge in [-0.15, -0.1) is 0 Å².